The van der Waals surface area contributed by atoms with Crippen molar-refractivity contribution in [2.75, 3.05) is 6.61 Å². The van der Waals surface area contributed by atoms with Crippen molar-refractivity contribution in [3.05, 3.63) is 42.0 Å². The van der Waals surface area contributed by atoms with Gasteiger partial charge in [0, 0.05) is 0 Å². The zero-order chi connectivity index (χ0) is 16.3. The lowest BCUT2D eigenvalue weighted by Gasteiger charge is -2.10. The molecule has 2 rings (SSSR count). The van der Waals surface area contributed by atoms with Gasteiger partial charge in [-0.15, -0.1) is 0 Å². The van der Waals surface area contributed by atoms with Crippen molar-refractivity contribution in [2.24, 2.45) is 0 Å². The number of aldehydes is 1. The van der Waals surface area contributed by atoms with E-state index in [-0.39, 0.29) is 0 Å². The van der Waals surface area contributed by atoms with Gasteiger partial charge in [-0.3, -0.25) is 4.79 Å². The molecule has 0 aliphatic heterocycles. The van der Waals surface area contributed by atoms with Crippen LogP contribution in [0.1, 0.15) is 68.6 Å². The summed E-state index contributed by atoms with van der Waals surface area (Å²) in [7, 11) is 0. The topological polar surface area (TPSA) is 26.3 Å². The lowest BCUT2D eigenvalue weighted by Crippen LogP contribution is -2.00. The normalized spacial score (nSPS) is 10.8. The van der Waals surface area contributed by atoms with Gasteiger partial charge in [0.15, 0.2) is 6.29 Å². The maximum absolute atomic E-state index is 11.3. The summed E-state index contributed by atoms with van der Waals surface area (Å²) in [5, 5.41) is 2.19. The number of unbranched alkanes of at least 4 members (excludes halogenated alkanes) is 7. The molecule has 0 bridgehead atoms. The van der Waals surface area contributed by atoms with Crippen LogP contribution in [0.5, 0.6) is 5.75 Å². The van der Waals surface area contributed by atoms with Gasteiger partial charge in [0.2, 0.25) is 0 Å². The molecule has 23 heavy (non-hydrogen) atoms. The highest BCUT2D eigenvalue weighted by molar-refractivity contribution is 5.92. The Balaban J connectivity index is 1.75. The molecular formula is C21H28O2. The Kier molecular flexibility index (Phi) is 7.65. The molecular weight excluding hydrogens is 284 g/mol. The number of fused-ring (bicyclic) bond motifs is 1. The van der Waals surface area contributed by atoms with Gasteiger partial charge in [0.05, 0.1) is 12.2 Å². The van der Waals surface area contributed by atoms with Crippen molar-refractivity contribution in [2.45, 2.75) is 58.3 Å². The van der Waals surface area contributed by atoms with Crippen LogP contribution in [0, 0.1) is 0 Å². The molecule has 124 valence electrons. The minimum absolute atomic E-state index is 0.642. The van der Waals surface area contributed by atoms with Gasteiger partial charge in [-0.05, 0) is 29.3 Å². The molecule has 0 atom stereocenters. The van der Waals surface area contributed by atoms with E-state index in [2.05, 4.69) is 6.92 Å². The SMILES string of the molecule is CCCCCCCCCCOc1cc2ccccc2cc1C=O. The van der Waals surface area contributed by atoms with Crippen LogP contribution in [0.4, 0.5) is 0 Å². The summed E-state index contributed by atoms with van der Waals surface area (Å²) in [5.41, 5.74) is 0.642. The van der Waals surface area contributed by atoms with Crippen molar-refractivity contribution < 1.29 is 9.53 Å². The molecule has 0 aliphatic carbocycles. The van der Waals surface area contributed by atoms with E-state index in [0.717, 1.165) is 23.5 Å². The Morgan fingerprint density at radius 1 is 0.870 bits per heavy atom. The molecule has 0 unspecified atom stereocenters. The number of carbonyl (C=O) groups excluding carboxylic acids is 1. The van der Waals surface area contributed by atoms with E-state index in [1.165, 1.54) is 44.9 Å². The lowest BCUT2D eigenvalue weighted by atomic mass is 10.1. The first-order chi connectivity index (χ1) is 11.3. The van der Waals surface area contributed by atoms with Crippen molar-refractivity contribution in [3.8, 4) is 5.75 Å². The number of carbonyl (C=O) groups is 1. The van der Waals surface area contributed by atoms with Crippen LogP contribution in [0.3, 0.4) is 0 Å². The number of ether oxygens (including phenoxy) is 1. The summed E-state index contributed by atoms with van der Waals surface area (Å²) >= 11 is 0. The number of hydrogen-bond donors (Lipinski definition) is 0. The van der Waals surface area contributed by atoms with Crippen LogP contribution in [-0.2, 0) is 0 Å². The summed E-state index contributed by atoms with van der Waals surface area (Å²) in [6.45, 7) is 2.94. The van der Waals surface area contributed by atoms with E-state index in [1.807, 2.05) is 36.4 Å². The van der Waals surface area contributed by atoms with Gasteiger partial charge in [-0.25, -0.2) is 0 Å². The second-order valence-corrected chi connectivity index (χ2v) is 6.18. The highest BCUT2D eigenvalue weighted by atomic mass is 16.5. The molecule has 2 aromatic carbocycles. The fraction of sp³-hybridized carbons (Fsp3) is 0.476. The van der Waals surface area contributed by atoms with Crippen molar-refractivity contribution in [1.82, 2.24) is 0 Å². The third-order valence-electron chi connectivity index (χ3n) is 4.26. The summed E-state index contributed by atoms with van der Waals surface area (Å²) in [5.74, 6) is 0.710. The Bertz CT molecular complexity index is 604. The van der Waals surface area contributed by atoms with Crippen molar-refractivity contribution in [1.29, 1.82) is 0 Å². The Hall–Kier alpha value is -1.83. The average Bonchev–Trinajstić information content (AvgIpc) is 2.59. The maximum atomic E-state index is 11.3. The standard InChI is InChI=1S/C21H28O2/c1-2-3-4-5-6-7-8-11-14-23-21-16-19-13-10-9-12-18(19)15-20(21)17-22/h9-10,12-13,15-17H,2-8,11,14H2,1H3. The second-order valence-electron chi connectivity index (χ2n) is 6.18. The highest BCUT2D eigenvalue weighted by Gasteiger charge is 2.05. The van der Waals surface area contributed by atoms with Gasteiger partial charge in [0.1, 0.15) is 5.75 Å². The van der Waals surface area contributed by atoms with E-state index in [1.54, 1.807) is 0 Å². The largest absolute Gasteiger partial charge is 0.493 e. The van der Waals surface area contributed by atoms with Gasteiger partial charge < -0.3 is 4.74 Å². The molecule has 0 radical (unpaired) electrons. The summed E-state index contributed by atoms with van der Waals surface area (Å²) in [4.78, 5) is 11.3. The molecule has 0 aromatic heterocycles. The smallest absolute Gasteiger partial charge is 0.153 e. The van der Waals surface area contributed by atoms with Crippen LogP contribution in [0.25, 0.3) is 10.8 Å². The van der Waals surface area contributed by atoms with Crippen LogP contribution in [0.2, 0.25) is 0 Å². The number of rotatable bonds is 11. The Morgan fingerprint density at radius 2 is 1.48 bits per heavy atom. The highest BCUT2D eigenvalue weighted by Crippen LogP contribution is 2.25. The van der Waals surface area contributed by atoms with Crippen LogP contribution in [0.15, 0.2) is 36.4 Å². The van der Waals surface area contributed by atoms with Gasteiger partial charge in [-0.1, -0.05) is 76.1 Å². The molecule has 0 amide bonds. The van der Waals surface area contributed by atoms with Crippen LogP contribution < -0.4 is 4.74 Å². The molecule has 0 heterocycles. The third kappa shape index (κ3) is 5.70. The van der Waals surface area contributed by atoms with E-state index >= 15 is 0 Å². The molecule has 2 heteroatoms. The lowest BCUT2D eigenvalue weighted by molar-refractivity contribution is 0.111. The second kappa shape index (κ2) is 10.0. The van der Waals surface area contributed by atoms with E-state index in [9.17, 15) is 4.79 Å². The summed E-state index contributed by atoms with van der Waals surface area (Å²) < 4.78 is 5.85. The summed E-state index contributed by atoms with van der Waals surface area (Å²) in [6, 6.07) is 11.9. The zero-order valence-corrected chi connectivity index (χ0v) is 14.2. The molecule has 2 aromatic rings. The van der Waals surface area contributed by atoms with Crippen molar-refractivity contribution in [3.63, 3.8) is 0 Å². The minimum atomic E-state index is 0.642. The van der Waals surface area contributed by atoms with Crippen LogP contribution in [-0.4, -0.2) is 12.9 Å². The average molecular weight is 312 g/mol. The predicted molar refractivity (Wildman–Crippen MR) is 97.4 cm³/mol. The number of hydrogen-bond acceptors (Lipinski definition) is 2. The van der Waals surface area contributed by atoms with E-state index in [4.69, 9.17) is 4.74 Å². The predicted octanol–water partition coefficient (Wildman–Crippen LogP) is 6.17. The number of benzene rings is 2. The van der Waals surface area contributed by atoms with E-state index in [0.29, 0.717) is 17.9 Å². The molecule has 0 saturated carbocycles. The fourth-order valence-electron chi connectivity index (χ4n) is 2.87. The molecule has 0 N–H and O–H groups in total. The molecule has 0 aliphatic rings. The molecule has 0 fully saturated rings. The molecule has 0 spiro atoms. The monoisotopic (exact) mass is 312 g/mol. The first-order valence-electron chi connectivity index (χ1n) is 8.96. The zero-order valence-electron chi connectivity index (χ0n) is 14.2. The molecule has 0 saturated heterocycles. The minimum Gasteiger partial charge on any atom is -0.493 e. The summed E-state index contributed by atoms with van der Waals surface area (Å²) in [6.07, 6.45) is 11.1. The Labute approximate surface area is 139 Å². The van der Waals surface area contributed by atoms with Gasteiger partial charge in [-0.2, -0.15) is 0 Å². The Morgan fingerprint density at radius 3 is 2.13 bits per heavy atom. The quantitative estimate of drug-likeness (QED) is 0.366. The van der Waals surface area contributed by atoms with Crippen molar-refractivity contribution >= 4 is 17.1 Å². The van der Waals surface area contributed by atoms with Gasteiger partial charge in [0.25, 0.3) is 0 Å². The first-order valence-corrected chi connectivity index (χ1v) is 8.96. The van der Waals surface area contributed by atoms with E-state index < -0.39 is 0 Å². The van der Waals surface area contributed by atoms with Gasteiger partial charge >= 0.3 is 0 Å². The fourth-order valence-corrected chi connectivity index (χ4v) is 2.87. The van der Waals surface area contributed by atoms with Crippen LogP contribution >= 0.6 is 0 Å². The maximum Gasteiger partial charge on any atom is 0.153 e. The first kappa shape index (κ1) is 17.5. The molecule has 2 nitrogen and oxygen atoms in total. The third-order valence-corrected chi connectivity index (χ3v) is 4.26.